The molecule has 1 saturated heterocycles. The normalized spacial score (nSPS) is 21.6. The Kier molecular flexibility index (Phi) is 3.69. The lowest BCUT2D eigenvalue weighted by Crippen LogP contribution is -2.45. The van der Waals surface area contributed by atoms with Gasteiger partial charge in [-0.1, -0.05) is 12.1 Å². The second-order valence-corrected chi connectivity index (χ2v) is 5.34. The van der Waals surface area contributed by atoms with Crippen LogP contribution in [0.1, 0.15) is 34.8 Å². The number of aromatic carboxylic acids is 1. The predicted octanol–water partition coefficient (Wildman–Crippen LogP) is 0.810. The van der Waals surface area contributed by atoms with Gasteiger partial charge in [-0.2, -0.15) is 5.01 Å². The SMILES string of the molecule is Cc1cccc(C(=O)O)c1CCC1(C)NC(=O)N(N)C1=O. The van der Waals surface area contributed by atoms with Crippen molar-refractivity contribution in [1.82, 2.24) is 10.3 Å². The van der Waals surface area contributed by atoms with E-state index >= 15 is 0 Å². The number of carbonyl (C=O) groups is 3. The number of carboxylic acid groups (broad SMARTS) is 1. The van der Waals surface area contributed by atoms with Crippen molar-refractivity contribution in [3.05, 3.63) is 34.9 Å². The highest BCUT2D eigenvalue weighted by molar-refractivity contribution is 6.06. The van der Waals surface area contributed by atoms with E-state index in [0.717, 1.165) is 5.56 Å². The van der Waals surface area contributed by atoms with Crippen LogP contribution in [0.3, 0.4) is 0 Å². The maximum atomic E-state index is 12.0. The minimum absolute atomic E-state index is 0.208. The fourth-order valence-corrected chi connectivity index (χ4v) is 2.49. The number of nitrogens with zero attached hydrogens (tertiary/aromatic N) is 1. The molecule has 7 nitrogen and oxygen atoms in total. The maximum absolute atomic E-state index is 12.0. The number of aryl methyl sites for hydroxylation is 1. The van der Waals surface area contributed by atoms with E-state index in [2.05, 4.69) is 5.32 Å². The van der Waals surface area contributed by atoms with Crippen molar-refractivity contribution in [2.24, 2.45) is 5.84 Å². The molecule has 2 rings (SSSR count). The second kappa shape index (κ2) is 5.17. The first-order valence-electron chi connectivity index (χ1n) is 6.49. The van der Waals surface area contributed by atoms with Gasteiger partial charge < -0.3 is 10.4 Å². The molecule has 1 atom stereocenters. The van der Waals surface area contributed by atoms with E-state index < -0.39 is 23.4 Å². The Balaban J connectivity index is 2.23. The van der Waals surface area contributed by atoms with Gasteiger partial charge in [0.2, 0.25) is 0 Å². The molecule has 0 aliphatic carbocycles. The summed E-state index contributed by atoms with van der Waals surface area (Å²) in [6, 6.07) is 4.37. The molecule has 1 fully saturated rings. The smallest absolute Gasteiger partial charge is 0.339 e. The third-order valence-electron chi connectivity index (χ3n) is 3.81. The second-order valence-electron chi connectivity index (χ2n) is 5.34. The van der Waals surface area contributed by atoms with Crippen LogP contribution in [0.2, 0.25) is 0 Å². The monoisotopic (exact) mass is 291 g/mol. The van der Waals surface area contributed by atoms with Crippen molar-refractivity contribution < 1.29 is 19.5 Å². The van der Waals surface area contributed by atoms with Gasteiger partial charge in [0, 0.05) is 0 Å². The quantitative estimate of drug-likeness (QED) is 0.431. The lowest BCUT2D eigenvalue weighted by Gasteiger charge is -2.21. The van der Waals surface area contributed by atoms with E-state index in [-0.39, 0.29) is 12.0 Å². The van der Waals surface area contributed by atoms with Gasteiger partial charge in [0.1, 0.15) is 5.54 Å². The van der Waals surface area contributed by atoms with E-state index in [9.17, 15) is 19.5 Å². The highest BCUT2D eigenvalue weighted by Gasteiger charge is 2.46. The number of urea groups is 1. The van der Waals surface area contributed by atoms with Gasteiger partial charge in [-0.15, -0.1) is 0 Å². The molecule has 1 heterocycles. The molecule has 0 saturated carbocycles. The molecule has 4 N–H and O–H groups in total. The number of nitrogens with one attached hydrogen (secondary N) is 1. The van der Waals surface area contributed by atoms with Gasteiger partial charge in [0.25, 0.3) is 5.91 Å². The van der Waals surface area contributed by atoms with Gasteiger partial charge in [0.15, 0.2) is 0 Å². The van der Waals surface area contributed by atoms with E-state index in [1.807, 2.05) is 13.0 Å². The van der Waals surface area contributed by atoms with Crippen LogP contribution in [0, 0.1) is 6.92 Å². The lowest BCUT2D eigenvalue weighted by molar-refractivity contribution is -0.131. The molecule has 0 bridgehead atoms. The topological polar surface area (TPSA) is 113 Å². The van der Waals surface area contributed by atoms with Crippen LogP contribution < -0.4 is 11.2 Å². The summed E-state index contributed by atoms with van der Waals surface area (Å²) in [6.07, 6.45) is 0.626. The molecule has 21 heavy (non-hydrogen) atoms. The van der Waals surface area contributed by atoms with E-state index in [0.29, 0.717) is 17.0 Å². The van der Waals surface area contributed by atoms with Crippen molar-refractivity contribution in [3.63, 3.8) is 0 Å². The standard InChI is InChI=1S/C14H17N3O4/c1-8-4-3-5-10(11(18)19)9(8)6-7-14(2)12(20)17(15)13(21)16-14/h3-5H,6-7,15H2,1-2H3,(H,16,21)(H,18,19). The molecule has 1 unspecified atom stereocenters. The van der Waals surface area contributed by atoms with Crippen LogP contribution in [0.4, 0.5) is 4.79 Å². The molecule has 0 aromatic heterocycles. The third-order valence-corrected chi connectivity index (χ3v) is 3.81. The van der Waals surface area contributed by atoms with Crippen LogP contribution in [0.25, 0.3) is 0 Å². The molecule has 0 radical (unpaired) electrons. The maximum Gasteiger partial charge on any atom is 0.339 e. The predicted molar refractivity (Wildman–Crippen MR) is 74.4 cm³/mol. The fourth-order valence-electron chi connectivity index (χ4n) is 2.49. The molecule has 1 aliphatic rings. The molecule has 1 aromatic carbocycles. The minimum atomic E-state index is -1.11. The molecule has 0 spiro atoms. The number of benzene rings is 1. The van der Waals surface area contributed by atoms with Crippen LogP contribution in [0.5, 0.6) is 0 Å². The molecule has 112 valence electrons. The zero-order valence-electron chi connectivity index (χ0n) is 11.8. The zero-order chi connectivity index (χ0) is 15.8. The number of nitrogens with two attached hydrogens (primary N) is 1. The van der Waals surface area contributed by atoms with Crippen LogP contribution >= 0.6 is 0 Å². The largest absolute Gasteiger partial charge is 0.478 e. The number of carboxylic acids is 1. The molecule has 1 aliphatic heterocycles. The zero-order valence-corrected chi connectivity index (χ0v) is 11.8. The fraction of sp³-hybridized carbons (Fsp3) is 0.357. The Morgan fingerprint density at radius 3 is 2.62 bits per heavy atom. The minimum Gasteiger partial charge on any atom is -0.478 e. The Labute approximate surface area is 121 Å². The summed E-state index contributed by atoms with van der Waals surface area (Å²) in [7, 11) is 0. The van der Waals surface area contributed by atoms with Crippen LogP contribution in [0.15, 0.2) is 18.2 Å². The molecule has 1 aromatic rings. The number of hydrazine groups is 1. The summed E-state index contributed by atoms with van der Waals surface area (Å²) in [4.78, 5) is 34.6. The Morgan fingerprint density at radius 2 is 2.10 bits per heavy atom. The van der Waals surface area contributed by atoms with Crippen LogP contribution in [-0.4, -0.2) is 33.6 Å². The summed E-state index contributed by atoms with van der Waals surface area (Å²) in [5, 5.41) is 12.3. The van der Waals surface area contributed by atoms with Gasteiger partial charge in [-0.05, 0) is 43.9 Å². The van der Waals surface area contributed by atoms with E-state index in [1.54, 1.807) is 13.0 Å². The number of hydrogen-bond acceptors (Lipinski definition) is 4. The first-order valence-corrected chi connectivity index (χ1v) is 6.49. The van der Waals surface area contributed by atoms with E-state index in [4.69, 9.17) is 5.84 Å². The number of amides is 3. The first-order chi connectivity index (χ1) is 9.76. The van der Waals surface area contributed by atoms with Crippen molar-refractivity contribution >= 4 is 17.9 Å². The third kappa shape index (κ3) is 2.59. The number of carbonyl (C=O) groups excluding carboxylic acids is 2. The average Bonchev–Trinajstić information content (AvgIpc) is 2.61. The first kappa shape index (κ1) is 15.0. The van der Waals surface area contributed by atoms with Gasteiger partial charge >= 0.3 is 12.0 Å². The molecular weight excluding hydrogens is 274 g/mol. The van der Waals surface area contributed by atoms with E-state index in [1.165, 1.54) is 6.07 Å². The molecule has 3 amide bonds. The lowest BCUT2D eigenvalue weighted by atomic mass is 9.89. The number of hydrogen-bond donors (Lipinski definition) is 3. The van der Waals surface area contributed by atoms with Crippen molar-refractivity contribution in [3.8, 4) is 0 Å². The Hall–Kier alpha value is -2.41. The summed E-state index contributed by atoms with van der Waals surface area (Å²) in [5.74, 6) is 3.82. The summed E-state index contributed by atoms with van der Waals surface area (Å²) in [6.45, 7) is 3.40. The Morgan fingerprint density at radius 1 is 1.43 bits per heavy atom. The molecular formula is C14H17N3O4. The summed E-state index contributed by atoms with van der Waals surface area (Å²) in [5.41, 5.74) is 0.591. The highest BCUT2D eigenvalue weighted by Crippen LogP contribution is 2.24. The summed E-state index contributed by atoms with van der Waals surface area (Å²) >= 11 is 0. The van der Waals surface area contributed by atoms with Crippen molar-refractivity contribution in [1.29, 1.82) is 0 Å². The average molecular weight is 291 g/mol. The number of imide groups is 1. The van der Waals surface area contributed by atoms with Crippen LogP contribution in [-0.2, 0) is 11.2 Å². The van der Waals surface area contributed by atoms with Crippen molar-refractivity contribution in [2.45, 2.75) is 32.2 Å². The number of rotatable bonds is 4. The highest BCUT2D eigenvalue weighted by atomic mass is 16.4. The summed E-state index contributed by atoms with van der Waals surface area (Å²) < 4.78 is 0. The van der Waals surface area contributed by atoms with Gasteiger partial charge in [-0.3, -0.25) is 4.79 Å². The Bertz CT molecular complexity index is 629. The van der Waals surface area contributed by atoms with Gasteiger partial charge in [0.05, 0.1) is 5.56 Å². The van der Waals surface area contributed by atoms with Gasteiger partial charge in [-0.25, -0.2) is 15.4 Å². The molecule has 7 heteroatoms. The van der Waals surface area contributed by atoms with Crippen molar-refractivity contribution in [2.75, 3.05) is 0 Å².